The van der Waals surface area contributed by atoms with Crippen molar-refractivity contribution in [3.63, 3.8) is 0 Å². The van der Waals surface area contributed by atoms with E-state index in [1.54, 1.807) is 6.08 Å². The van der Waals surface area contributed by atoms with Crippen molar-refractivity contribution in [2.45, 2.75) is 80.1 Å². The second-order valence-corrected chi connectivity index (χ2v) is 7.68. The molecule has 1 fully saturated rings. The van der Waals surface area contributed by atoms with E-state index in [-0.39, 0.29) is 33.9 Å². The number of amides is 1. The van der Waals surface area contributed by atoms with Crippen LogP contribution in [0.2, 0.25) is 0 Å². The molecule has 1 aromatic rings. The number of carbonyl (C=O) groups excluding carboxylic acids is 1. The summed E-state index contributed by atoms with van der Waals surface area (Å²) in [6.45, 7) is 12.5. The molecule has 1 amide bonds. The minimum atomic E-state index is -3.21. The van der Waals surface area contributed by atoms with Gasteiger partial charge in [0.05, 0.1) is 11.6 Å². The van der Waals surface area contributed by atoms with E-state index in [0.717, 1.165) is 19.1 Å². The fraction of sp³-hybridized carbons (Fsp3) is 0.500. The third-order valence-electron chi connectivity index (χ3n) is 4.97. The Hall–Kier alpha value is -2.90. The van der Waals surface area contributed by atoms with Gasteiger partial charge in [0.15, 0.2) is 0 Å². The van der Waals surface area contributed by atoms with Crippen LogP contribution in [0.15, 0.2) is 46.6 Å². The van der Waals surface area contributed by atoms with E-state index in [4.69, 9.17) is 11.1 Å². The van der Waals surface area contributed by atoms with Crippen LogP contribution in [-0.2, 0) is 4.79 Å². The maximum absolute atomic E-state index is 14.3. The molecule has 1 saturated heterocycles. The molecule has 34 heavy (non-hydrogen) atoms. The first-order valence-electron chi connectivity index (χ1n) is 11.7. The second kappa shape index (κ2) is 15.1. The SMILES string of the molecule is CC.CC/C=C/N=C1\NC(=O)CC(C(C)(F)F)\C1=C(\C)C(=N)c1ccc(F)cc1N.CCCC. The zero-order chi connectivity index (χ0) is 26.5. The number of piperidine rings is 1. The molecule has 0 aromatic heterocycles. The summed E-state index contributed by atoms with van der Waals surface area (Å²) in [5.74, 6) is -5.81. The smallest absolute Gasteiger partial charge is 0.252 e. The van der Waals surface area contributed by atoms with Gasteiger partial charge in [0.1, 0.15) is 11.7 Å². The largest absolute Gasteiger partial charge is 0.398 e. The Kier molecular flexibility index (Phi) is 13.8. The lowest BCUT2D eigenvalue weighted by atomic mass is 9.81. The molecule has 5 nitrogen and oxygen atoms in total. The lowest BCUT2D eigenvalue weighted by molar-refractivity contribution is -0.124. The number of hydrogen-bond acceptors (Lipinski definition) is 4. The average molecular weight is 481 g/mol. The summed E-state index contributed by atoms with van der Waals surface area (Å²) >= 11 is 0. The number of allylic oxidation sites excluding steroid dienone is 2. The Bertz CT molecular complexity index is 913. The average Bonchev–Trinajstić information content (AvgIpc) is 2.79. The zero-order valence-electron chi connectivity index (χ0n) is 21.4. The summed E-state index contributed by atoms with van der Waals surface area (Å²) in [4.78, 5) is 16.1. The quantitative estimate of drug-likeness (QED) is 0.301. The number of hydrogen-bond donors (Lipinski definition) is 3. The molecule has 0 radical (unpaired) electrons. The highest BCUT2D eigenvalue weighted by atomic mass is 19.3. The van der Waals surface area contributed by atoms with Crippen molar-refractivity contribution in [2.75, 3.05) is 5.73 Å². The zero-order valence-corrected chi connectivity index (χ0v) is 21.4. The molecule has 2 rings (SSSR count). The second-order valence-electron chi connectivity index (χ2n) is 7.68. The van der Waals surface area contributed by atoms with E-state index >= 15 is 0 Å². The fourth-order valence-corrected chi connectivity index (χ4v) is 3.01. The van der Waals surface area contributed by atoms with Crippen LogP contribution < -0.4 is 11.1 Å². The number of rotatable bonds is 6. The number of benzene rings is 1. The van der Waals surface area contributed by atoms with Crippen LogP contribution in [0.1, 0.15) is 79.7 Å². The molecule has 1 aliphatic rings. The highest BCUT2D eigenvalue weighted by Gasteiger charge is 2.44. The van der Waals surface area contributed by atoms with Gasteiger partial charge in [0.2, 0.25) is 5.91 Å². The maximum Gasteiger partial charge on any atom is 0.252 e. The monoisotopic (exact) mass is 480 g/mol. The maximum atomic E-state index is 14.3. The van der Waals surface area contributed by atoms with Gasteiger partial charge < -0.3 is 11.1 Å². The first-order chi connectivity index (χ1) is 16.0. The molecule has 0 spiro atoms. The number of halogens is 3. The van der Waals surface area contributed by atoms with Crippen LogP contribution in [0.5, 0.6) is 0 Å². The molecular formula is C26H39F3N4O. The van der Waals surface area contributed by atoms with Gasteiger partial charge in [0, 0.05) is 29.4 Å². The Labute approximate surface area is 201 Å². The van der Waals surface area contributed by atoms with Gasteiger partial charge in [-0.2, -0.15) is 0 Å². The molecule has 1 unspecified atom stereocenters. The van der Waals surface area contributed by atoms with Crippen LogP contribution in [0.25, 0.3) is 0 Å². The number of nitrogens with zero attached hydrogens (tertiary/aromatic N) is 1. The van der Waals surface area contributed by atoms with Crippen molar-refractivity contribution in [3.8, 4) is 0 Å². The Morgan fingerprint density at radius 2 is 1.85 bits per heavy atom. The van der Waals surface area contributed by atoms with E-state index < -0.39 is 30.0 Å². The van der Waals surface area contributed by atoms with Crippen LogP contribution >= 0.6 is 0 Å². The number of anilines is 1. The van der Waals surface area contributed by atoms with Gasteiger partial charge in [-0.15, -0.1) is 0 Å². The Balaban J connectivity index is 0.00000164. The van der Waals surface area contributed by atoms with Crippen molar-refractivity contribution in [2.24, 2.45) is 10.9 Å². The topological polar surface area (TPSA) is 91.3 Å². The summed E-state index contributed by atoms with van der Waals surface area (Å²) in [6.07, 6.45) is 6.02. The summed E-state index contributed by atoms with van der Waals surface area (Å²) in [7, 11) is 0. The van der Waals surface area contributed by atoms with Crippen molar-refractivity contribution >= 4 is 23.1 Å². The molecule has 1 aromatic carbocycles. The highest BCUT2D eigenvalue weighted by molar-refractivity contribution is 6.20. The fourth-order valence-electron chi connectivity index (χ4n) is 3.01. The molecule has 0 aliphatic carbocycles. The van der Waals surface area contributed by atoms with Crippen molar-refractivity contribution < 1.29 is 18.0 Å². The Morgan fingerprint density at radius 3 is 2.32 bits per heavy atom. The lowest BCUT2D eigenvalue weighted by Gasteiger charge is -2.32. The molecule has 1 atom stereocenters. The molecule has 1 aliphatic heterocycles. The molecule has 0 saturated carbocycles. The van der Waals surface area contributed by atoms with E-state index in [1.165, 1.54) is 32.0 Å². The van der Waals surface area contributed by atoms with E-state index in [9.17, 15) is 18.0 Å². The highest BCUT2D eigenvalue weighted by Crippen LogP contribution is 2.38. The van der Waals surface area contributed by atoms with Crippen LogP contribution in [0.3, 0.4) is 0 Å². The molecule has 190 valence electrons. The van der Waals surface area contributed by atoms with Crippen molar-refractivity contribution in [1.82, 2.24) is 5.32 Å². The first-order valence-corrected chi connectivity index (χ1v) is 11.7. The normalized spacial score (nSPS) is 18.5. The van der Waals surface area contributed by atoms with Gasteiger partial charge in [-0.25, -0.2) is 18.2 Å². The van der Waals surface area contributed by atoms with Crippen molar-refractivity contribution in [3.05, 3.63) is 53.0 Å². The third kappa shape index (κ3) is 9.15. The van der Waals surface area contributed by atoms with E-state index in [2.05, 4.69) is 24.2 Å². The van der Waals surface area contributed by atoms with Crippen LogP contribution in [0, 0.1) is 17.1 Å². The number of unbranched alkanes of at least 4 members (excludes halogenated alkanes) is 1. The molecule has 4 N–H and O–H groups in total. The number of alkyl halides is 2. The van der Waals surface area contributed by atoms with Crippen LogP contribution in [-0.4, -0.2) is 23.4 Å². The molecule has 1 heterocycles. The van der Waals surface area contributed by atoms with Gasteiger partial charge in [-0.05, 0) is 44.0 Å². The van der Waals surface area contributed by atoms with E-state index in [0.29, 0.717) is 6.42 Å². The molecule has 0 bridgehead atoms. The van der Waals surface area contributed by atoms with Gasteiger partial charge in [-0.1, -0.05) is 53.5 Å². The number of nitrogen functional groups attached to an aromatic ring is 1. The van der Waals surface area contributed by atoms with Crippen molar-refractivity contribution in [1.29, 1.82) is 5.41 Å². The number of nitrogens with one attached hydrogen (secondary N) is 2. The number of aliphatic imine (C=N–C) groups is 1. The van der Waals surface area contributed by atoms with Gasteiger partial charge >= 0.3 is 0 Å². The minimum Gasteiger partial charge on any atom is -0.398 e. The standard InChI is InChI=1S/C20H23F3N4O.C4H10.C2H6/c1-4-5-8-26-19-17(14(20(3,22)23)10-16(28)27-19)11(2)18(25)13-7-6-12(21)9-15(13)24;1-3-4-2;1-2/h5-9,14,25H,4,10,24H2,1-3H3,(H,26,27,28);3-4H2,1-2H3;1-2H3/b8-5+,17-11+,25-18?;;. The first kappa shape index (κ1) is 31.1. The third-order valence-corrected chi connectivity index (χ3v) is 4.97. The minimum absolute atomic E-state index is 0.0181. The predicted octanol–water partition coefficient (Wildman–Crippen LogP) is 7.04. The predicted molar refractivity (Wildman–Crippen MR) is 136 cm³/mol. The number of carbonyl (C=O) groups is 1. The summed E-state index contributed by atoms with van der Waals surface area (Å²) in [5, 5.41) is 11.0. The van der Waals surface area contributed by atoms with Gasteiger partial charge in [-0.3, -0.25) is 10.2 Å². The van der Waals surface area contributed by atoms with E-state index in [1.807, 2.05) is 20.8 Å². The summed E-state index contributed by atoms with van der Waals surface area (Å²) < 4.78 is 42.0. The summed E-state index contributed by atoms with van der Waals surface area (Å²) in [6, 6.07) is 3.53. The van der Waals surface area contributed by atoms with Gasteiger partial charge in [0.25, 0.3) is 5.92 Å². The van der Waals surface area contributed by atoms with Crippen LogP contribution in [0.4, 0.5) is 18.9 Å². The summed E-state index contributed by atoms with van der Waals surface area (Å²) in [5.41, 5.74) is 6.16. The lowest BCUT2D eigenvalue weighted by Crippen LogP contribution is -2.46. The number of amidine groups is 1. The molecular weight excluding hydrogens is 441 g/mol. The Morgan fingerprint density at radius 1 is 1.26 bits per heavy atom. The molecule has 8 heteroatoms. The number of nitrogens with two attached hydrogens (primary N) is 1.